The molecule has 144 valence electrons. The molecule has 0 bridgehead atoms. The topological polar surface area (TPSA) is 102 Å². The summed E-state index contributed by atoms with van der Waals surface area (Å²) in [5.74, 6) is -0.822. The molecule has 0 aromatic heterocycles. The molecule has 0 fully saturated rings. The van der Waals surface area contributed by atoms with Crippen LogP contribution in [0.2, 0.25) is 5.02 Å². The van der Waals surface area contributed by atoms with E-state index in [0.29, 0.717) is 5.69 Å². The molecule has 7 nitrogen and oxygen atoms in total. The van der Waals surface area contributed by atoms with Crippen LogP contribution in [-0.4, -0.2) is 26.9 Å². The molecule has 2 aromatic rings. The molecule has 0 unspecified atom stereocenters. The van der Waals surface area contributed by atoms with Gasteiger partial charge in [-0.15, -0.1) is 0 Å². The average Bonchev–Trinajstić information content (AvgIpc) is 2.56. The molecular weight excluding hydrogens is 460 g/mol. The zero-order chi connectivity index (χ0) is 20.2. The van der Waals surface area contributed by atoms with Crippen LogP contribution in [0.15, 0.2) is 45.8 Å². The maximum atomic E-state index is 12.7. The van der Waals surface area contributed by atoms with E-state index in [-0.39, 0.29) is 38.2 Å². The van der Waals surface area contributed by atoms with Crippen molar-refractivity contribution in [1.29, 1.82) is 0 Å². The van der Waals surface area contributed by atoms with Crippen LogP contribution in [0.25, 0.3) is 0 Å². The molecule has 0 saturated carbocycles. The Morgan fingerprint density at radius 1 is 1.19 bits per heavy atom. The van der Waals surface area contributed by atoms with Crippen LogP contribution in [0.3, 0.4) is 0 Å². The lowest BCUT2D eigenvalue weighted by Crippen LogP contribution is -2.15. The quantitative estimate of drug-likeness (QED) is 0.614. The van der Waals surface area contributed by atoms with Crippen molar-refractivity contribution in [2.75, 3.05) is 16.6 Å². The van der Waals surface area contributed by atoms with Gasteiger partial charge in [0.05, 0.1) is 22.9 Å². The number of carbonyl (C=O) groups excluding carboxylic acids is 2. The Kier molecular flexibility index (Phi) is 6.85. The normalized spacial score (nSPS) is 11.0. The fourth-order valence-electron chi connectivity index (χ4n) is 2.14. The number of sulfonamides is 1. The summed E-state index contributed by atoms with van der Waals surface area (Å²) in [7, 11) is -3.98. The number of hydrogen-bond donors (Lipinski definition) is 2. The summed E-state index contributed by atoms with van der Waals surface area (Å²) in [5.41, 5.74) is 0.808. The second-order valence-electron chi connectivity index (χ2n) is 5.35. The van der Waals surface area contributed by atoms with Crippen molar-refractivity contribution in [3.63, 3.8) is 0 Å². The Bertz CT molecular complexity index is 995. The van der Waals surface area contributed by atoms with Crippen LogP contribution < -0.4 is 10.0 Å². The van der Waals surface area contributed by atoms with Gasteiger partial charge in [-0.2, -0.15) is 0 Å². The first-order valence-electron chi connectivity index (χ1n) is 7.70. The lowest BCUT2D eigenvalue weighted by Gasteiger charge is -2.13. The predicted octanol–water partition coefficient (Wildman–Crippen LogP) is 4.04. The van der Waals surface area contributed by atoms with Gasteiger partial charge in [0.2, 0.25) is 5.91 Å². The van der Waals surface area contributed by atoms with Gasteiger partial charge in [-0.1, -0.05) is 11.6 Å². The van der Waals surface area contributed by atoms with Gasteiger partial charge >= 0.3 is 5.97 Å². The Morgan fingerprint density at radius 3 is 2.44 bits per heavy atom. The Balaban J connectivity index is 2.29. The fraction of sp³-hybridized carbons (Fsp3) is 0.176. The first kappa shape index (κ1) is 21.2. The van der Waals surface area contributed by atoms with Crippen LogP contribution in [0.4, 0.5) is 11.4 Å². The van der Waals surface area contributed by atoms with Crippen molar-refractivity contribution in [3.05, 3.63) is 51.5 Å². The number of carbonyl (C=O) groups is 2. The van der Waals surface area contributed by atoms with Crippen molar-refractivity contribution in [3.8, 4) is 0 Å². The van der Waals surface area contributed by atoms with E-state index in [1.807, 2.05) is 0 Å². The number of ether oxygens (including phenoxy) is 1. The number of benzene rings is 2. The molecule has 10 heteroatoms. The van der Waals surface area contributed by atoms with Gasteiger partial charge < -0.3 is 10.1 Å². The van der Waals surface area contributed by atoms with Crippen LogP contribution in [0.5, 0.6) is 0 Å². The summed E-state index contributed by atoms with van der Waals surface area (Å²) >= 11 is 9.26. The summed E-state index contributed by atoms with van der Waals surface area (Å²) in [5, 5.41) is 2.67. The van der Waals surface area contributed by atoms with Gasteiger partial charge in [0.15, 0.2) is 0 Å². The van der Waals surface area contributed by atoms with Crippen molar-refractivity contribution >= 4 is 60.8 Å². The van der Waals surface area contributed by atoms with E-state index in [0.717, 1.165) is 0 Å². The van der Waals surface area contributed by atoms with Crippen molar-refractivity contribution in [2.24, 2.45) is 0 Å². The van der Waals surface area contributed by atoms with Crippen molar-refractivity contribution in [1.82, 2.24) is 0 Å². The second kappa shape index (κ2) is 8.73. The highest BCUT2D eigenvalue weighted by Gasteiger charge is 2.21. The number of anilines is 2. The highest BCUT2D eigenvalue weighted by molar-refractivity contribution is 9.10. The highest BCUT2D eigenvalue weighted by Crippen LogP contribution is 2.30. The van der Waals surface area contributed by atoms with Crippen LogP contribution >= 0.6 is 27.5 Å². The van der Waals surface area contributed by atoms with Crippen molar-refractivity contribution in [2.45, 2.75) is 18.7 Å². The summed E-state index contributed by atoms with van der Waals surface area (Å²) in [6.45, 7) is 3.24. The third-order valence-corrected chi connectivity index (χ3v) is 5.92. The minimum atomic E-state index is -3.98. The molecule has 0 saturated heterocycles. The monoisotopic (exact) mass is 474 g/mol. The molecule has 2 rings (SSSR count). The van der Waals surface area contributed by atoms with Gasteiger partial charge in [-0.3, -0.25) is 9.52 Å². The van der Waals surface area contributed by atoms with Gasteiger partial charge in [0.25, 0.3) is 10.0 Å². The zero-order valence-electron chi connectivity index (χ0n) is 14.4. The van der Waals surface area contributed by atoms with E-state index in [4.69, 9.17) is 16.3 Å². The minimum Gasteiger partial charge on any atom is -0.462 e. The van der Waals surface area contributed by atoms with E-state index in [1.165, 1.54) is 43.3 Å². The molecule has 0 spiro atoms. The Morgan fingerprint density at radius 2 is 1.89 bits per heavy atom. The maximum absolute atomic E-state index is 12.7. The number of nitrogens with one attached hydrogen (secondary N) is 2. The molecule has 2 N–H and O–H groups in total. The summed E-state index contributed by atoms with van der Waals surface area (Å²) in [6.07, 6.45) is 0. The molecule has 0 heterocycles. The van der Waals surface area contributed by atoms with Gasteiger partial charge in [0, 0.05) is 17.1 Å². The fourth-order valence-corrected chi connectivity index (χ4v) is 4.58. The maximum Gasteiger partial charge on any atom is 0.338 e. The highest BCUT2D eigenvalue weighted by atomic mass is 79.9. The average molecular weight is 476 g/mol. The summed E-state index contributed by atoms with van der Waals surface area (Å²) in [4.78, 5) is 22.7. The van der Waals surface area contributed by atoms with Crippen LogP contribution in [0, 0.1) is 0 Å². The first-order valence-corrected chi connectivity index (χ1v) is 10.4. The second-order valence-corrected chi connectivity index (χ2v) is 8.26. The molecule has 0 aliphatic carbocycles. The number of hydrogen-bond acceptors (Lipinski definition) is 5. The summed E-state index contributed by atoms with van der Waals surface area (Å²) < 4.78 is 32.8. The number of halogens is 2. The molecule has 0 radical (unpaired) electrons. The number of esters is 1. The molecule has 1 amide bonds. The Hall–Kier alpha value is -2.10. The van der Waals surface area contributed by atoms with Crippen LogP contribution in [-0.2, 0) is 19.6 Å². The molecule has 0 aliphatic rings. The molecule has 2 aromatic carbocycles. The van der Waals surface area contributed by atoms with E-state index >= 15 is 0 Å². The third-order valence-electron chi connectivity index (χ3n) is 3.27. The van der Waals surface area contributed by atoms with E-state index in [2.05, 4.69) is 26.0 Å². The lowest BCUT2D eigenvalue weighted by atomic mass is 10.2. The van der Waals surface area contributed by atoms with Crippen LogP contribution in [0.1, 0.15) is 24.2 Å². The van der Waals surface area contributed by atoms with E-state index < -0.39 is 16.0 Å². The lowest BCUT2D eigenvalue weighted by molar-refractivity contribution is -0.114. The zero-order valence-corrected chi connectivity index (χ0v) is 17.5. The largest absolute Gasteiger partial charge is 0.462 e. The SMILES string of the molecule is CCOC(=O)c1ccc(S(=O)(=O)Nc2ccc(NC(C)=O)cc2Cl)c(Br)c1. The summed E-state index contributed by atoms with van der Waals surface area (Å²) in [6, 6.07) is 8.40. The molecule has 27 heavy (non-hydrogen) atoms. The standard InChI is InChI=1S/C17H16BrClN2O5S/c1-3-26-17(23)11-4-7-16(13(18)8-11)27(24,25)21-15-6-5-12(9-14(15)19)20-10(2)22/h4-9,21H,3H2,1-2H3,(H,20,22). The minimum absolute atomic E-state index is 0.0717. The van der Waals surface area contributed by atoms with Gasteiger partial charge in [-0.25, -0.2) is 13.2 Å². The molecule has 0 atom stereocenters. The number of amides is 1. The Labute approximate surface area is 170 Å². The van der Waals surface area contributed by atoms with E-state index in [1.54, 1.807) is 6.92 Å². The molecule has 0 aliphatic heterocycles. The van der Waals surface area contributed by atoms with E-state index in [9.17, 15) is 18.0 Å². The van der Waals surface area contributed by atoms with Crippen molar-refractivity contribution < 1.29 is 22.7 Å². The predicted molar refractivity (Wildman–Crippen MR) is 107 cm³/mol. The molecular formula is C17H16BrClN2O5S. The number of rotatable bonds is 6. The third kappa shape index (κ3) is 5.44. The smallest absolute Gasteiger partial charge is 0.338 e. The van der Waals surface area contributed by atoms with Gasteiger partial charge in [0.1, 0.15) is 4.90 Å². The first-order chi connectivity index (χ1) is 12.6. The van der Waals surface area contributed by atoms with Gasteiger partial charge in [-0.05, 0) is 59.3 Å².